The Bertz CT molecular complexity index is 692. The molecular weight excluding hydrogens is 476 g/mol. The highest BCUT2D eigenvalue weighted by molar-refractivity contribution is 14.1. The average Bonchev–Trinajstić information content (AvgIpc) is 2.47. The zero-order valence-corrected chi connectivity index (χ0v) is 15.9. The summed E-state index contributed by atoms with van der Waals surface area (Å²) in [6.07, 6.45) is -0.997. The zero-order chi connectivity index (χ0) is 17.0. The topological polar surface area (TPSA) is 41.1 Å². The SMILES string of the molecule is O=C(NC(Nc1ccc(F)cc1)C(Cl)(Cl)Cl)c1cccc(I)c1. The summed E-state index contributed by atoms with van der Waals surface area (Å²) in [6.45, 7) is 0. The number of anilines is 1. The van der Waals surface area contributed by atoms with Crippen molar-refractivity contribution in [3.8, 4) is 0 Å². The molecule has 0 fully saturated rings. The van der Waals surface area contributed by atoms with Crippen molar-refractivity contribution >= 4 is 69.0 Å². The highest BCUT2D eigenvalue weighted by atomic mass is 127. The molecule has 0 aromatic heterocycles. The van der Waals surface area contributed by atoms with Crippen LogP contribution in [0.1, 0.15) is 10.4 Å². The van der Waals surface area contributed by atoms with Crippen LogP contribution in [0.25, 0.3) is 0 Å². The number of carbonyl (C=O) groups is 1. The Morgan fingerprint density at radius 1 is 1.13 bits per heavy atom. The number of hydrogen-bond donors (Lipinski definition) is 2. The molecule has 0 saturated carbocycles. The van der Waals surface area contributed by atoms with Crippen molar-refractivity contribution in [2.24, 2.45) is 0 Å². The van der Waals surface area contributed by atoms with Gasteiger partial charge in [0.2, 0.25) is 3.79 Å². The van der Waals surface area contributed by atoms with E-state index in [1.54, 1.807) is 18.2 Å². The molecule has 0 saturated heterocycles. The molecule has 3 nitrogen and oxygen atoms in total. The van der Waals surface area contributed by atoms with Gasteiger partial charge < -0.3 is 10.6 Å². The molecule has 2 rings (SSSR count). The van der Waals surface area contributed by atoms with Gasteiger partial charge in [0.05, 0.1) is 0 Å². The van der Waals surface area contributed by atoms with Crippen LogP contribution in [-0.2, 0) is 0 Å². The van der Waals surface area contributed by atoms with Gasteiger partial charge in [0.25, 0.3) is 5.91 Å². The van der Waals surface area contributed by atoms with Gasteiger partial charge in [-0.2, -0.15) is 0 Å². The minimum atomic E-state index is -1.80. The predicted molar refractivity (Wildman–Crippen MR) is 101 cm³/mol. The van der Waals surface area contributed by atoms with Crippen LogP contribution in [0.3, 0.4) is 0 Å². The predicted octanol–water partition coefficient (Wildman–Crippen LogP) is 4.97. The monoisotopic (exact) mass is 486 g/mol. The summed E-state index contributed by atoms with van der Waals surface area (Å²) in [7, 11) is 0. The van der Waals surface area contributed by atoms with E-state index in [2.05, 4.69) is 33.2 Å². The standard InChI is InChI=1S/C15H11Cl3FIN2O/c16-15(17,18)14(21-12-6-4-10(19)5-7-12)22-13(23)9-2-1-3-11(20)8-9/h1-8,14,21H,(H,22,23). The molecule has 1 unspecified atom stereocenters. The summed E-state index contributed by atoms with van der Waals surface area (Å²) in [5.41, 5.74) is 0.947. The summed E-state index contributed by atoms with van der Waals surface area (Å²) >= 11 is 19.9. The zero-order valence-electron chi connectivity index (χ0n) is 11.5. The molecule has 2 aromatic carbocycles. The van der Waals surface area contributed by atoms with Crippen LogP contribution in [0.2, 0.25) is 0 Å². The Morgan fingerprint density at radius 3 is 2.35 bits per heavy atom. The maximum absolute atomic E-state index is 13.0. The third kappa shape index (κ3) is 5.67. The first-order valence-electron chi connectivity index (χ1n) is 6.41. The Morgan fingerprint density at radius 2 is 1.78 bits per heavy atom. The molecule has 2 N–H and O–H groups in total. The fraction of sp³-hybridized carbons (Fsp3) is 0.133. The second-order valence-electron chi connectivity index (χ2n) is 4.61. The summed E-state index contributed by atoms with van der Waals surface area (Å²) in [4.78, 5) is 12.3. The van der Waals surface area contributed by atoms with Crippen LogP contribution < -0.4 is 10.6 Å². The molecule has 1 atom stereocenters. The molecule has 23 heavy (non-hydrogen) atoms. The Balaban J connectivity index is 2.16. The maximum atomic E-state index is 13.0. The van der Waals surface area contributed by atoms with Gasteiger partial charge in [-0.15, -0.1) is 0 Å². The van der Waals surface area contributed by atoms with Crippen molar-refractivity contribution in [2.75, 3.05) is 5.32 Å². The number of hydrogen-bond acceptors (Lipinski definition) is 2. The van der Waals surface area contributed by atoms with E-state index in [1.807, 2.05) is 6.07 Å². The Labute approximate surface area is 161 Å². The van der Waals surface area contributed by atoms with Crippen molar-refractivity contribution in [2.45, 2.75) is 9.96 Å². The molecule has 0 spiro atoms. The highest BCUT2D eigenvalue weighted by Crippen LogP contribution is 2.31. The molecular formula is C15H11Cl3FIN2O. The summed E-state index contributed by atoms with van der Waals surface area (Å²) < 4.78 is 12.1. The summed E-state index contributed by atoms with van der Waals surface area (Å²) in [6, 6.07) is 12.5. The lowest BCUT2D eigenvalue weighted by atomic mass is 10.2. The third-order valence-electron chi connectivity index (χ3n) is 2.84. The molecule has 0 heterocycles. The molecule has 0 aliphatic rings. The lowest BCUT2D eigenvalue weighted by molar-refractivity contribution is 0.0942. The summed E-state index contributed by atoms with van der Waals surface area (Å²) in [5, 5.41) is 5.49. The average molecular weight is 488 g/mol. The van der Waals surface area contributed by atoms with E-state index in [1.165, 1.54) is 24.3 Å². The first kappa shape index (κ1) is 18.6. The van der Waals surface area contributed by atoms with E-state index in [0.29, 0.717) is 11.3 Å². The van der Waals surface area contributed by atoms with Crippen molar-refractivity contribution in [3.63, 3.8) is 0 Å². The van der Waals surface area contributed by atoms with Gasteiger partial charge in [-0.1, -0.05) is 40.9 Å². The van der Waals surface area contributed by atoms with Gasteiger partial charge in [0, 0.05) is 14.8 Å². The van der Waals surface area contributed by atoms with Gasteiger partial charge in [-0.25, -0.2) is 4.39 Å². The number of carbonyl (C=O) groups excluding carboxylic acids is 1. The number of rotatable bonds is 4. The van der Waals surface area contributed by atoms with Gasteiger partial charge >= 0.3 is 0 Å². The van der Waals surface area contributed by atoms with Crippen molar-refractivity contribution < 1.29 is 9.18 Å². The quantitative estimate of drug-likeness (QED) is 0.363. The third-order valence-corrected chi connectivity index (χ3v) is 4.17. The van der Waals surface area contributed by atoms with Gasteiger partial charge in [0.1, 0.15) is 12.0 Å². The largest absolute Gasteiger partial charge is 0.362 e. The van der Waals surface area contributed by atoms with E-state index >= 15 is 0 Å². The normalized spacial score (nSPS) is 12.6. The molecule has 2 aromatic rings. The van der Waals surface area contributed by atoms with Crippen LogP contribution in [0, 0.1) is 9.39 Å². The Kier molecular flexibility index (Phi) is 6.36. The first-order valence-corrected chi connectivity index (χ1v) is 8.62. The summed E-state index contributed by atoms with van der Waals surface area (Å²) in [5.74, 6) is -0.779. The van der Waals surface area contributed by atoms with Crippen molar-refractivity contribution in [1.82, 2.24) is 5.32 Å². The maximum Gasteiger partial charge on any atom is 0.253 e. The minimum Gasteiger partial charge on any atom is -0.362 e. The number of amides is 1. The van der Waals surface area contributed by atoms with E-state index in [-0.39, 0.29) is 5.82 Å². The van der Waals surface area contributed by atoms with E-state index < -0.39 is 15.9 Å². The number of benzene rings is 2. The van der Waals surface area contributed by atoms with Crippen molar-refractivity contribution in [3.05, 3.63) is 63.5 Å². The van der Waals surface area contributed by atoms with Crippen LogP contribution in [-0.4, -0.2) is 15.9 Å². The Hall–Kier alpha value is -0.760. The second-order valence-corrected chi connectivity index (χ2v) is 8.22. The van der Waals surface area contributed by atoms with E-state index in [4.69, 9.17) is 34.8 Å². The minimum absolute atomic E-state index is 0.385. The molecule has 0 radical (unpaired) electrons. The number of halogens is 5. The number of nitrogens with one attached hydrogen (secondary N) is 2. The van der Waals surface area contributed by atoms with Crippen LogP contribution >= 0.6 is 57.4 Å². The lowest BCUT2D eigenvalue weighted by Crippen LogP contribution is -2.49. The van der Waals surface area contributed by atoms with Crippen LogP contribution in [0.15, 0.2) is 48.5 Å². The van der Waals surface area contributed by atoms with Gasteiger partial charge in [-0.05, 0) is 65.1 Å². The molecule has 0 aliphatic carbocycles. The first-order chi connectivity index (χ1) is 10.8. The van der Waals surface area contributed by atoms with Crippen molar-refractivity contribution in [1.29, 1.82) is 0 Å². The van der Waals surface area contributed by atoms with Gasteiger partial charge in [0.15, 0.2) is 0 Å². The molecule has 122 valence electrons. The number of alkyl halides is 3. The highest BCUT2D eigenvalue weighted by Gasteiger charge is 2.34. The van der Waals surface area contributed by atoms with E-state index in [0.717, 1.165) is 3.57 Å². The van der Waals surface area contributed by atoms with Crippen LogP contribution in [0.4, 0.5) is 10.1 Å². The fourth-order valence-corrected chi connectivity index (χ4v) is 2.63. The second kappa shape index (κ2) is 7.88. The molecule has 0 bridgehead atoms. The molecule has 1 amide bonds. The molecule has 0 aliphatic heterocycles. The smallest absolute Gasteiger partial charge is 0.253 e. The lowest BCUT2D eigenvalue weighted by Gasteiger charge is -2.27. The van der Waals surface area contributed by atoms with Gasteiger partial charge in [-0.3, -0.25) is 4.79 Å². The fourth-order valence-electron chi connectivity index (χ4n) is 1.76. The molecule has 8 heteroatoms. The van der Waals surface area contributed by atoms with Crippen LogP contribution in [0.5, 0.6) is 0 Å². The van der Waals surface area contributed by atoms with E-state index in [9.17, 15) is 9.18 Å².